The highest BCUT2D eigenvalue weighted by atomic mass is 14.9. The van der Waals surface area contributed by atoms with E-state index in [0.29, 0.717) is 0 Å². The van der Waals surface area contributed by atoms with E-state index in [1.807, 2.05) is 0 Å². The summed E-state index contributed by atoms with van der Waals surface area (Å²) in [4.78, 5) is 0. The molecule has 4 aromatic carbocycles. The number of benzene rings is 4. The van der Waals surface area contributed by atoms with E-state index in [4.69, 9.17) is 0 Å². The van der Waals surface area contributed by atoms with Crippen molar-refractivity contribution < 1.29 is 0 Å². The van der Waals surface area contributed by atoms with Gasteiger partial charge < -0.3 is 5.32 Å². The minimum Gasteiger partial charge on any atom is -0.354 e. The van der Waals surface area contributed by atoms with Crippen LogP contribution in [0.2, 0.25) is 0 Å². The van der Waals surface area contributed by atoms with Crippen molar-refractivity contribution in [2.75, 3.05) is 5.32 Å². The Balaban J connectivity index is 2.11. The molecule has 1 aliphatic rings. The molecule has 1 aliphatic heterocycles. The molecule has 0 aliphatic carbocycles. The van der Waals surface area contributed by atoms with Gasteiger partial charge in [0.05, 0.1) is 0 Å². The number of para-hydroxylation sites is 1. The summed E-state index contributed by atoms with van der Waals surface area (Å²) in [5, 5.41) is 8.82. The first-order valence-electron chi connectivity index (χ1n) is 7.23. The molecule has 98 valence electrons. The zero-order valence-electron chi connectivity index (χ0n) is 11.4. The van der Waals surface area contributed by atoms with Crippen LogP contribution in [0.25, 0.3) is 32.7 Å². The molecule has 0 saturated carbocycles. The Morgan fingerprint density at radius 1 is 0.619 bits per heavy atom. The average Bonchev–Trinajstić information content (AvgIpc) is 2.54. The van der Waals surface area contributed by atoms with E-state index < -0.39 is 0 Å². The van der Waals surface area contributed by atoms with Gasteiger partial charge in [-0.15, -0.1) is 0 Å². The molecule has 0 atom stereocenters. The van der Waals surface area contributed by atoms with Gasteiger partial charge in [-0.1, -0.05) is 54.6 Å². The van der Waals surface area contributed by atoms with Crippen LogP contribution in [0.5, 0.6) is 0 Å². The molecule has 1 nitrogen and oxygen atoms in total. The fourth-order valence-corrected chi connectivity index (χ4v) is 3.46. The summed E-state index contributed by atoms with van der Waals surface area (Å²) in [6.45, 7) is 0. The molecule has 0 saturated heterocycles. The third-order valence-corrected chi connectivity index (χ3v) is 4.35. The van der Waals surface area contributed by atoms with Crippen LogP contribution in [-0.4, -0.2) is 0 Å². The molecule has 1 heteroatoms. The van der Waals surface area contributed by atoms with Gasteiger partial charge in [0.15, 0.2) is 0 Å². The van der Waals surface area contributed by atoms with Crippen molar-refractivity contribution in [1.82, 2.24) is 0 Å². The van der Waals surface area contributed by atoms with Crippen LogP contribution in [0.3, 0.4) is 0 Å². The van der Waals surface area contributed by atoms with E-state index in [1.54, 1.807) is 0 Å². The molecule has 4 aromatic rings. The fourth-order valence-electron chi connectivity index (χ4n) is 3.46. The lowest BCUT2D eigenvalue weighted by atomic mass is 9.88. The fraction of sp³-hybridized carbons (Fsp3) is 0. The predicted molar refractivity (Wildman–Crippen MR) is 90.2 cm³/mol. The zero-order chi connectivity index (χ0) is 13.8. The molecule has 1 N–H and O–H groups in total. The summed E-state index contributed by atoms with van der Waals surface area (Å²) >= 11 is 0. The quantitative estimate of drug-likeness (QED) is 0.354. The number of hydrogen-bond acceptors (Lipinski definition) is 1. The summed E-state index contributed by atoms with van der Waals surface area (Å²) in [6, 6.07) is 26.0. The number of fused-ring (bicyclic) bond motifs is 4. The summed E-state index contributed by atoms with van der Waals surface area (Å²) in [6.07, 6.45) is 0. The van der Waals surface area contributed by atoms with E-state index in [0.717, 1.165) is 0 Å². The molecule has 0 spiro atoms. The maximum atomic E-state index is 3.57. The van der Waals surface area contributed by atoms with Gasteiger partial charge in [0, 0.05) is 27.9 Å². The minimum absolute atomic E-state index is 1.19. The van der Waals surface area contributed by atoms with Crippen molar-refractivity contribution in [3.8, 4) is 11.1 Å². The third-order valence-electron chi connectivity index (χ3n) is 4.35. The van der Waals surface area contributed by atoms with Crippen molar-refractivity contribution in [2.45, 2.75) is 0 Å². The Morgan fingerprint density at radius 3 is 2.38 bits per heavy atom. The molecule has 0 bridgehead atoms. The van der Waals surface area contributed by atoms with Crippen molar-refractivity contribution in [3.05, 3.63) is 72.8 Å². The van der Waals surface area contributed by atoms with E-state index in [-0.39, 0.29) is 0 Å². The first-order valence-corrected chi connectivity index (χ1v) is 7.23. The highest BCUT2D eigenvalue weighted by Gasteiger charge is 2.19. The van der Waals surface area contributed by atoms with E-state index in [2.05, 4.69) is 78.1 Å². The molecule has 21 heavy (non-hydrogen) atoms. The molecule has 0 amide bonds. The maximum Gasteiger partial charge on any atom is 0.0470 e. The molecule has 1 heterocycles. The molecule has 0 aromatic heterocycles. The number of nitrogens with one attached hydrogen (secondary N) is 1. The molecule has 0 unspecified atom stereocenters. The number of rotatable bonds is 0. The summed E-state index contributed by atoms with van der Waals surface area (Å²) in [5.41, 5.74) is 5.03. The minimum atomic E-state index is 1.19. The van der Waals surface area contributed by atoms with E-state index in [9.17, 15) is 0 Å². The molecular formula is C20H13N. The van der Waals surface area contributed by atoms with Gasteiger partial charge in [-0.2, -0.15) is 0 Å². The van der Waals surface area contributed by atoms with Gasteiger partial charge in [-0.3, -0.25) is 0 Å². The van der Waals surface area contributed by atoms with Crippen molar-refractivity contribution in [3.63, 3.8) is 0 Å². The standard InChI is InChI=1S/C20H13N/c1-2-8-15-13(6-1)12-14-7-5-11-18-19(14)20(15)16-9-3-4-10-17(16)21-18/h1-12,21H. The normalized spacial score (nSPS) is 12.2. The third kappa shape index (κ3) is 1.40. The Bertz CT molecular complexity index is 1010. The van der Waals surface area contributed by atoms with Crippen molar-refractivity contribution in [2.24, 2.45) is 0 Å². The monoisotopic (exact) mass is 267 g/mol. The van der Waals surface area contributed by atoms with Crippen LogP contribution in [0.4, 0.5) is 11.4 Å². The van der Waals surface area contributed by atoms with Crippen LogP contribution in [0.1, 0.15) is 0 Å². The lowest BCUT2D eigenvalue weighted by Crippen LogP contribution is -2.01. The van der Waals surface area contributed by atoms with Crippen LogP contribution in [0, 0.1) is 0 Å². The lowest BCUT2D eigenvalue weighted by Gasteiger charge is -2.23. The van der Waals surface area contributed by atoms with E-state index in [1.165, 1.54) is 44.0 Å². The van der Waals surface area contributed by atoms with Crippen molar-refractivity contribution >= 4 is 32.9 Å². The van der Waals surface area contributed by atoms with Gasteiger partial charge in [0.2, 0.25) is 0 Å². The largest absolute Gasteiger partial charge is 0.354 e. The molecular weight excluding hydrogens is 254 g/mol. The predicted octanol–water partition coefficient (Wildman–Crippen LogP) is 5.72. The summed E-state index contributed by atoms with van der Waals surface area (Å²) in [5.74, 6) is 0. The number of anilines is 2. The summed E-state index contributed by atoms with van der Waals surface area (Å²) in [7, 11) is 0. The van der Waals surface area contributed by atoms with Gasteiger partial charge in [-0.25, -0.2) is 0 Å². The first kappa shape index (κ1) is 10.9. The summed E-state index contributed by atoms with van der Waals surface area (Å²) < 4.78 is 0. The average molecular weight is 267 g/mol. The first-order chi connectivity index (χ1) is 10.4. The van der Waals surface area contributed by atoms with E-state index >= 15 is 0 Å². The molecule has 0 radical (unpaired) electrons. The molecule has 0 fully saturated rings. The Labute approximate surface area is 122 Å². The van der Waals surface area contributed by atoms with Crippen LogP contribution in [-0.2, 0) is 0 Å². The van der Waals surface area contributed by atoms with Crippen molar-refractivity contribution in [1.29, 1.82) is 0 Å². The van der Waals surface area contributed by atoms with Gasteiger partial charge >= 0.3 is 0 Å². The Kier molecular flexibility index (Phi) is 2.01. The second kappa shape index (κ2) is 3.86. The SMILES string of the molecule is c1ccc2c(c1)Nc1cccc3cc4ccccc4c-2c13. The highest BCUT2D eigenvalue weighted by Crippen LogP contribution is 2.46. The lowest BCUT2D eigenvalue weighted by molar-refractivity contribution is 1.54. The van der Waals surface area contributed by atoms with Crippen LogP contribution >= 0.6 is 0 Å². The van der Waals surface area contributed by atoms with Crippen LogP contribution < -0.4 is 5.32 Å². The zero-order valence-corrected chi connectivity index (χ0v) is 11.4. The second-order valence-corrected chi connectivity index (χ2v) is 5.55. The Morgan fingerprint density at radius 2 is 1.38 bits per heavy atom. The molecule has 5 rings (SSSR count). The van der Waals surface area contributed by atoms with Gasteiger partial charge in [0.1, 0.15) is 0 Å². The van der Waals surface area contributed by atoms with Crippen LogP contribution in [0.15, 0.2) is 72.8 Å². The maximum absolute atomic E-state index is 3.57. The Hall–Kier alpha value is -2.80. The highest BCUT2D eigenvalue weighted by molar-refractivity contribution is 6.20. The van der Waals surface area contributed by atoms with Gasteiger partial charge in [-0.05, 0) is 34.4 Å². The second-order valence-electron chi connectivity index (χ2n) is 5.55. The topological polar surface area (TPSA) is 12.0 Å². The van der Waals surface area contributed by atoms with Gasteiger partial charge in [0.25, 0.3) is 0 Å². The number of hydrogen-bond donors (Lipinski definition) is 1. The smallest absolute Gasteiger partial charge is 0.0470 e.